The van der Waals surface area contributed by atoms with Gasteiger partial charge in [0.2, 0.25) is 0 Å². The first kappa shape index (κ1) is 11.2. The molecule has 1 aromatic rings. The van der Waals surface area contributed by atoms with E-state index in [1.54, 1.807) is 24.1 Å². The molecule has 1 rings (SSSR count). The summed E-state index contributed by atoms with van der Waals surface area (Å²) >= 11 is 0. The minimum atomic E-state index is -1.26. The van der Waals surface area contributed by atoms with E-state index in [2.05, 4.69) is 6.58 Å². The summed E-state index contributed by atoms with van der Waals surface area (Å²) in [6, 6.07) is 4.18. The fourth-order valence-electron chi connectivity index (χ4n) is 1.33. The van der Waals surface area contributed by atoms with Crippen LogP contribution in [-0.2, 0) is 0 Å². The van der Waals surface area contributed by atoms with E-state index in [1.165, 1.54) is 6.07 Å². The minimum absolute atomic E-state index is 0.304. The molecule has 0 aliphatic heterocycles. The maximum absolute atomic E-state index is 13.3. The number of carboxylic acid groups (broad SMARTS) is 1. The van der Waals surface area contributed by atoms with E-state index in [9.17, 15) is 9.18 Å². The third kappa shape index (κ3) is 2.34. The second-order valence-corrected chi connectivity index (χ2v) is 3.11. The van der Waals surface area contributed by atoms with Crippen molar-refractivity contribution in [3.05, 3.63) is 42.2 Å². The molecule has 0 saturated carbocycles. The van der Waals surface area contributed by atoms with Gasteiger partial charge in [-0.1, -0.05) is 12.1 Å². The smallest absolute Gasteiger partial charge is 0.340 e. The third-order valence-electron chi connectivity index (χ3n) is 2.02. The Morgan fingerprint density at radius 3 is 2.87 bits per heavy atom. The Bertz CT molecular complexity index is 390. The van der Waals surface area contributed by atoms with Crippen LogP contribution < -0.4 is 4.90 Å². The van der Waals surface area contributed by atoms with E-state index < -0.39 is 11.8 Å². The van der Waals surface area contributed by atoms with Crippen molar-refractivity contribution < 1.29 is 14.3 Å². The van der Waals surface area contributed by atoms with E-state index in [4.69, 9.17) is 5.11 Å². The standard InChI is InChI=1S/C11H12FNO2/c1-3-7-13(2)9-6-4-5-8(12)10(9)11(14)15/h3-6H,1,7H2,2H3,(H,14,15). The molecular formula is C11H12FNO2. The summed E-state index contributed by atoms with van der Waals surface area (Å²) in [5, 5.41) is 8.87. The fourth-order valence-corrected chi connectivity index (χ4v) is 1.33. The number of anilines is 1. The van der Waals surface area contributed by atoms with Gasteiger partial charge in [-0.15, -0.1) is 6.58 Å². The first-order valence-electron chi connectivity index (χ1n) is 4.41. The Hall–Kier alpha value is -1.84. The topological polar surface area (TPSA) is 40.5 Å². The molecule has 0 heterocycles. The Morgan fingerprint density at radius 2 is 2.33 bits per heavy atom. The summed E-state index contributed by atoms with van der Waals surface area (Å²) in [5.41, 5.74) is 0.0456. The van der Waals surface area contributed by atoms with E-state index in [0.717, 1.165) is 6.07 Å². The summed E-state index contributed by atoms with van der Waals surface area (Å²) in [6.07, 6.45) is 1.62. The SMILES string of the molecule is C=CCN(C)c1cccc(F)c1C(=O)O. The largest absolute Gasteiger partial charge is 0.478 e. The molecule has 0 unspecified atom stereocenters. The second kappa shape index (κ2) is 4.59. The van der Waals surface area contributed by atoms with E-state index in [-0.39, 0.29) is 5.56 Å². The van der Waals surface area contributed by atoms with Gasteiger partial charge in [0.05, 0.1) is 5.69 Å². The number of likely N-dealkylation sites (N-methyl/N-ethyl adjacent to an activating group) is 1. The molecule has 0 atom stereocenters. The summed E-state index contributed by atoms with van der Waals surface area (Å²) in [6.45, 7) is 4.00. The van der Waals surface area contributed by atoms with Crippen LogP contribution in [0.2, 0.25) is 0 Å². The lowest BCUT2D eigenvalue weighted by atomic mass is 10.1. The van der Waals surface area contributed by atoms with Gasteiger partial charge >= 0.3 is 5.97 Å². The van der Waals surface area contributed by atoms with Crippen LogP contribution in [-0.4, -0.2) is 24.7 Å². The lowest BCUT2D eigenvalue weighted by molar-refractivity contribution is 0.0692. The van der Waals surface area contributed by atoms with E-state index in [1.807, 2.05) is 0 Å². The predicted molar refractivity (Wildman–Crippen MR) is 56.8 cm³/mol. The third-order valence-corrected chi connectivity index (χ3v) is 2.02. The number of hydrogen-bond donors (Lipinski definition) is 1. The van der Waals surface area contributed by atoms with Gasteiger partial charge in [0.25, 0.3) is 0 Å². The fraction of sp³-hybridized carbons (Fsp3) is 0.182. The number of rotatable bonds is 4. The minimum Gasteiger partial charge on any atom is -0.478 e. The molecule has 0 spiro atoms. The van der Waals surface area contributed by atoms with Crippen LogP contribution in [0.25, 0.3) is 0 Å². The number of carboxylic acids is 1. The Kier molecular flexibility index (Phi) is 3.44. The van der Waals surface area contributed by atoms with Gasteiger partial charge in [-0.25, -0.2) is 9.18 Å². The molecule has 3 nitrogen and oxygen atoms in total. The van der Waals surface area contributed by atoms with Gasteiger partial charge in [-0.05, 0) is 12.1 Å². The van der Waals surface area contributed by atoms with Crippen LogP contribution in [0.15, 0.2) is 30.9 Å². The second-order valence-electron chi connectivity index (χ2n) is 3.11. The van der Waals surface area contributed by atoms with Gasteiger partial charge in [-0.2, -0.15) is 0 Å². The highest BCUT2D eigenvalue weighted by Gasteiger charge is 2.17. The molecular weight excluding hydrogens is 197 g/mol. The van der Waals surface area contributed by atoms with Crippen LogP contribution in [0.5, 0.6) is 0 Å². The molecule has 4 heteroatoms. The van der Waals surface area contributed by atoms with E-state index in [0.29, 0.717) is 12.2 Å². The van der Waals surface area contributed by atoms with Gasteiger partial charge in [0, 0.05) is 13.6 Å². The van der Waals surface area contributed by atoms with Crippen LogP contribution >= 0.6 is 0 Å². The molecule has 0 saturated heterocycles. The average Bonchev–Trinajstić information content (AvgIpc) is 2.17. The maximum Gasteiger partial charge on any atom is 0.340 e. The van der Waals surface area contributed by atoms with Crippen LogP contribution in [0, 0.1) is 5.82 Å². The summed E-state index contributed by atoms with van der Waals surface area (Å²) in [7, 11) is 1.68. The molecule has 15 heavy (non-hydrogen) atoms. The first-order valence-corrected chi connectivity index (χ1v) is 4.41. The Labute approximate surface area is 87.4 Å². The highest BCUT2D eigenvalue weighted by atomic mass is 19.1. The van der Waals surface area contributed by atoms with Crippen molar-refractivity contribution in [2.75, 3.05) is 18.5 Å². The van der Waals surface area contributed by atoms with Crippen molar-refractivity contribution >= 4 is 11.7 Å². The van der Waals surface area contributed by atoms with Gasteiger partial charge in [0.15, 0.2) is 0 Å². The molecule has 0 aliphatic rings. The first-order chi connectivity index (χ1) is 7.07. The van der Waals surface area contributed by atoms with Crippen molar-refractivity contribution in [3.63, 3.8) is 0 Å². The molecule has 0 radical (unpaired) electrons. The normalized spacial score (nSPS) is 9.73. The van der Waals surface area contributed by atoms with E-state index >= 15 is 0 Å². The number of hydrogen-bond acceptors (Lipinski definition) is 2. The molecule has 0 aliphatic carbocycles. The van der Waals surface area contributed by atoms with Crippen molar-refractivity contribution in [2.45, 2.75) is 0 Å². The lowest BCUT2D eigenvalue weighted by Gasteiger charge is -2.19. The number of nitrogens with zero attached hydrogens (tertiary/aromatic N) is 1. The number of halogens is 1. The average molecular weight is 209 g/mol. The zero-order valence-corrected chi connectivity index (χ0v) is 8.40. The monoisotopic (exact) mass is 209 g/mol. The zero-order chi connectivity index (χ0) is 11.4. The summed E-state index contributed by atoms with van der Waals surface area (Å²) in [4.78, 5) is 12.5. The molecule has 0 amide bonds. The van der Waals surface area contributed by atoms with Crippen LogP contribution in [0.3, 0.4) is 0 Å². The lowest BCUT2D eigenvalue weighted by Crippen LogP contribution is -2.20. The van der Waals surface area contributed by atoms with Crippen molar-refractivity contribution in [1.29, 1.82) is 0 Å². The quantitative estimate of drug-likeness (QED) is 0.772. The van der Waals surface area contributed by atoms with Crippen molar-refractivity contribution in [2.24, 2.45) is 0 Å². The maximum atomic E-state index is 13.3. The van der Waals surface area contributed by atoms with Crippen LogP contribution in [0.1, 0.15) is 10.4 Å². The summed E-state index contributed by atoms with van der Waals surface area (Å²) < 4.78 is 13.3. The Morgan fingerprint density at radius 1 is 1.67 bits per heavy atom. The summed E-state index contributed by atoms with van der Waals surface area (Å²) in [5.74, 6) is -1.99. The molecule has 80 valence electrons. The molecule has 1 N–H and O–H groups in total. The van der Waals surface area contributed by atoms with Crippen molar-refractivity contribution in [1.82, 2.24) is 0 Å². The predicted octanol–water partition coefficient (Wildman–Crippen LogP) is 2.15. The molecule has 0 fully saturated rings. The molecule has 0 bridgehead atoms. The molecule has 0 aromatic heterocycles. The van der Waals surface area contributed by atoms with Gasteiger partial charge < -0.3 is 10.0 Å². The molecule has 1 aromatic carbocycles. The number of aromatic carboxylic acids is 1. The Balaban J connectivity index is 3.22. The number of carbonyl (C=O) groups is 1. The van der Waals surface area contributed by atoms with Crippen LogP contribution in [0.4, 0.5) is 10.1 Å². The number of benzene rings is 1. The zero-order valence-electron chi connectivity index (χ0n) is 8.40. The van der Waals surface area contributed by atoms with Gasteiger partial charge in [-0.3, -0.25) is 0 Å². The highest BCUT2D eigenvalue weighted by molar-refractivity contribution is 5.94. The van der Waals surface area contributed by atoms with Gasteiger partial charge in [0.1, 0.15) is 11.4 Å². The highest BCUT2D eigenvalue weighted by Crippen LogP contribution is 2.22. The van der Waals surface area contributed by atoms with Crippen molar-refractivity contribution in [3.8, 4) is 0 Å².